The highest BCUT2D eigenvalue weighted by molar-refractivity contribution is 5.95. The number of fused-ring (bicyclic) bond motifs is 1. The first kappa shape index (κ1) is 17.0. The number of carbonyl (C=O) groups excluding carboxylic acids is 1. The summed E-state index contributed by atoms with van der Waals surface area (Å²) >= 11 is 0. The van der Waals surface area contributed by atoms with Crippen molar-refractivity contribution in [3.63, 3.8) is 0 Å². The van der Waals surface area contributed by atoms with Gasteiger partial charge >= 0.3 is 0 Å². The molecule has 1 aliphatic carbocycles. The molecule has 1 saturated heterocycles. The Morgan fingerprint density at radius 1 is 1.29 bits per heavy atom. The highest BCUT2D eigenvalue weighted by Gasteiger charge is 2.38. The molecule has 1 aliphatic heterocycles. The van der Waals surface area contributed by atoms with E-state index in [2.05, 4.69) is 12.2 Å². The number of allylic oxidation sites excluding steroid dienone is 1. The molecule has 1 amide bonds. The van der Waals surface area contributed by atoms with Crippen LogP contribution in [-0.2, 0) is 9.53 Å². The first-order valence-corrected chi connectivity index (χ1v) is 8.98. The van der Waals surface area contributed by atoms with Crippen LogP contribution >= 0.6 is 0 Å². The van der Waals surface area contributed by atoms with Crippen molar-refractivity contribution in [3.8, 4) is 5.75 Å². The number of rotatable bonds is 5. The van der Waals surface area contributed by atoms with Crippen LogP contribution in [0.3, 0.4) is 0 Å². The van der Waals surface area contributed by atoms with Crippen LogP contribution in [0.1, 0.15) is 44.6 Å². The summed E-state index contributed by atoms with van der Waals surface area (Å²) in [7, 11) is 1.66. The van der Waals surface area contributed by atoms with Crippen LogP contribution in [0, 0.1) is 5.92 Å². The summed E-state index contributed by atoms with van der Waals surface area (Å²) in [5.74, 6) is 1.33. The third kappa shape index (κ3) is 3.81. The molecular formula is C20H27NO3. The van der Waals surface area contributed by atoms with Crippen molar-refractivity contribution in [2.75, 3.05) is 13.7 Å². The van der Waals surface area contributed by atoms with Crippen molar-refractivity contribution in [1.82, 2.24) is 5.32 Å². The average Bonchev–Trinajstić information content (AvgIpc) is 3.09. The average molecular weight is 329 g/mol. The number of hydrogen-bond donors (Lipinski definition) is 1. The third-order valence-corrected chi connectivity index (χ3v) is 5.26. The molecule has 3 unspecified atom stereocenters. The van der Waals surface area contributed by atoms with Gasteiger partial charge in [0.1, 0.15) is 5.75 Å². The standard InChI is InChI=1S/C20H27NO3/c1-3-14(15-7-9-16(23-2)10-8-15)13-20(22)21-18-5-4-6-19-17(18)11-12-24-19/h7-10,13,17-19H,3-6,11-12H2,1-2H3,(H,21,22). The normalized spacial score (nSPS) is 26.8. The molecule has 0 aromatic heterocycles. The van der Waals surface area contributed by atoms with Gasteiger partial charge < -0.3 is 14.8 Å². The molecule has 1 aromatic rings. The Morgan fingerprint density at radius 2 is 2.08 bits per heavy atom. The quantitative estimate of drug-likeness (QED) is 0.840. The minimum absolute atomic E-state index is 0.0141. The molecule has 24 heavy (non-hydrogen) atoms. The fourth-order valence-corrected chi connectivity index (χ4v) is 3.93. The van der Waals surface area contributed by atoms with Crippen molar-refractivity contribution in [3.05, 3.63) is 35.9 Å². The Hall–Kier alpha value is -1.81. The van der Waals surface area contributed by atoms with Crippen LogP contribution in [0.5, 0.6) is 5.75 Å². The van der Waals surface area contributed by atoms with Crippen molar-refractivity contribution in [2.24, 2.45) is 5.92 Å². The molecule has 1 heterocycles. The van der Waals surface area contributed by atoms with Gasteiger partial charge in [0.15, 0.2) is 0 Å². The van der Waals surface area contributed by atoms with Gasteiger partial charge in [-0.05, 0) is 55.4 Å². The van der Waals surface area contributed by atoms with Gasteiger partial charge in [0.25, 0.3) is 0 Å². The maximum absolute atomic E-state index is 12.5. The van der Waals surface area contributed by atoms with Gasteiger partial charge in [0, 0.05) is 24.6 Å². The molecule has 130 valence electrons. The largest absolute Gasteiger partial charge is 0.497 e. The minimum Gasteiger partial charge on any atom is -0.497 e. The molecule has 0 radical (unpaired) electrons. The second kappa shape index (κ2) is 7.84. The summed E-state index contributed by atoms with van der Waals surface area (Å²) in [6.45, 7) is 2.91. The van der Waals surface area contributed by atoms with E-state index in [0.717, 1.165) is 55.6 Å². The number of nitrogens with one attached hydrogen (secondary N) is 1. The monoisotopic (exact) mass is 329 g/mol. The summed E-state index contributed by atoms with van der Waals surface area (Å²) in [5, 5.41) is 3.23. The number of amides is 1. The van der Waals surface area contributed by atoms with E-state index in [4.69, 9.17) is 9.47 Å². The SMILES string of the molecule is CCC(=CC(=O)NC1CCCC2OCCC12)c1ccc(OC)cc1. The zero-order valence-electron chi connectivity index (χ0n) is 14.6. The first-order chi connectivity index (χ1) is 11.7. The Kier molecular flexibility index (Phi) is 5.56. The van der Waals surface area contributed by atoms with Crippen LogP contribution in [0.4, 0.5) is 0 Å². The lowest BCUT2D eigenvalue weighted by Gasteiger charge is -2.33. The molecule has 0 bridgehead atoms. The van der Waals surface area contributed by atoms with E-state index in [1.54, 1.807) is 13.2 Å². The summed E-state index contributed by atoms with van der Waals surface area (Å²) in [6.07, 6.45) is 7.32. The molecule has 3 atom stereocenters. The van der Waals surface area contributed by atoms with Gasteiger partial charge in [-0.2, -0.15) is 0 Å². The Labute approximate surface area is 144 Å². The van der Waals surface area contributed by atoms with Gasteiger partial charge in [-0.15, -0.1) is 0 Å². The van der Waals surface area contributed by atoms with Gasteiger partial charge in [-0.1, -0.05) is 19.1 Å². The van der Waals surface area contributed by atoms with Gasteiger partial charge in [0.05, 0.1) is 13.2 Å². The van der Waals surface area contributed by atoms with E-state index in [9.17, 15) is 4.79 Å². The molecule has 1 aromatic carbocycles. The highest BCUT2D eigenvalue weighted by Crippen LogP contribution is 2.34. The maximum atomic E-state index is 12.5. The number of carbonyl (C=O) groups is 1. The summed E-state index contributed by atoms with van der Waals surface area (Å²) < 4.78 is 11.0. The fraction of sp³-hybridized carbons (Fsp3) is 0.550. The lowest BCUT2D eigenvalue weighted by molar-refractivity contribution is -0.118. The number of methoxy groups -OCH3 is 1. The molecule has 4 nitrogen and oxygen atoms in total. The molecule has 1 N–H and O–H groups in total. The molecule has 1 saturated carbocycles. The Morgan fingerprint density at radius 3 is 2.79 bits per heavy atom. The predicted molar refractivity (Wildman–Crippen MR) is 94.9 cm³/mol. The van der Waals surface area contributed by atoms with Crippen molar-refractivity contribution in [1.29, 1.82) is 0 Å². The van der Waals surface area contributed by atoms with E-state index in [-0.39, 0.29) is 11.9 Å². The van der Waals surface area contributed by atoms with Crippen molar-refractivity contribution in [2.45, 2.75) is 51.2 Å². The number of hydrogen-bond acceptors (Lipinski definition) is 3. The molecular weight excluding hydrogens is 302 g/mol. The summed E-state index contributed by atoms with van der Waals surface area (Å²) in [4.78, 5) is 12.5. The topological polar surface area (TPSA) is 47.6 Å². The molecule has 4 heteroatoms. The number of benzene rings is 1. The Balaban J connectivity index is 1.67. The van der Waals surface area contributed by atoms with Crippen molar-refractivity contribution >= 4 is 11.5 Å². The van der Waals surface area contributed by atoms with Crippen LogP contribution in [0.2, 0.25) is 0 Å². The molecule has 2 fully saturated rings. The van der Waals surface area contributed by atoms with Crippen LogP contribution in [0.15, 0.2) is 30.3 Å². The smallest absolute Gasteiger partial charge is 0.244 e. The van der Waals surface area contributed by atoms with Gasteiger partial charge in [0.2, 0.25) is 5.91 Å². The lowest BCUT2D eigenvalue weighted by atomic mass is 9.82. The summed E-state index contributed by atoms with van der Waals surface area (Å²) in [5.41, 5.74) is 2.12. The zero-order valence-corrected chi connectivity index (χ0v) is 14.6. The van der Waals surface area contributed by atoms with Crippen molar-refractivity contribution < 1.29 is 14.3 Å². The van der Waals surface area contributed by atoms with E-state index < -0.39 is 0 Å². The van der Waals surface area contributed by atoms with Crippen LogP contribution in [0.25, 0.3) is 5.57 Å². The Bertz CT molecular complexity index is 593. The number of ether oxygens (including phenoxy) is 2. The molecule has 3 rings (SSSR count). The fourth-order valence-electron chi connectivity index (χ4n) is 3.93. The second-order valence-corrected chi connectivity index (χ2v) is 6.66. The van der Waals surface area contributed by atoms with Gasteiger partial charge in [-0.3, -0.25) is 4.79 Å². The zero-order chi connectivity index (χ0) is 16.9. The summed E-state index contributed by atoms with van der Waals surface area (Å²) in [6, 6.07) is 8.12. The maximum Gasteiger partial charge on any atom is 0.244 e. The predicted octanol–water partition coefficient (Wildman–Crippen LogP) is 3.56. The van der Waals surface area contributed by atoms with Gasteiger partial charge in [-0.25, -0.2) is 0 Å². The first-order valence-electron chi connectivity index (χ1n) is 8.98. The van der Waals surface area contributed by atoms with E-state index in [0.29, 0.717) is 12.0 Å². The highest BCUT2D eigenvalue weighted by atomic mass is 16.5. The van der Waals surface area contributed by atoms with Crippen LogP contribution < -0.4 is 10.1 Å². The van der Waals surface area contributed by atoms with E-state index in [1.165, 1.54) is 0 Å². The third-order valence-electron chi connectivity index (χ3n) is 5.26. The lowest BCUT2D eigenvalue weighted by Crippen LogP contribution is -2.45. The molecule has 0 spiro atoms. The minimum atomic E-state index is 0.0141. The van der Waals surface area contributed by atoms with E-state index >= 15 is 0 Å². The second-order valence-electron chi connectivity index (χ2n) is 6.66. The van der Waals surface area contributed by atoms with E-state index in [1.807, 2.05) is 24.3 Å². The molecule has 2 aliphatic rings. The van der Waals surface area contributed by atoms with Crippen LogP contribution in [-0.4, -0.2) is 31.8 Å².